The Morgan fingerprint density at radius 2 is 2.10 bits per heavy atom. The highest BCUT2D eigenvalue weighted by Crippen LogP contribution is 2.25. The van der Waals surface area contributed by atoms with Gasteiger partial charge in [0.1, 0.15) is 12.8 Å². The first-order valence-corrected chi connectivity index (χ1v) is 5.84. The summed E-state index contributed by atoms with van der Waals surface area (Å²) in [6.07, 6.45) is 0. The van der Waals surface area contributed by atoms with Crippen LogP contribution < -0.4 is 5.48 Å². The molecule has 0 saturated heterocycles. The highest BCUT2D eigenvalue weighted by molar-refractivity contribution is 6.31. The molecule has 9 heteroatoms. The van der Waals surface area contributed by atoms with Gasteiger partial charge in [-0.2, -0.15) is 5.10 Å². The lowest BCUT2D eigenvalue weighted by molar-refractivity contribution is -0.143. The Bertz CT molecular complexity index is 473. The molecule has 1 N–H and O–H groups in total. The average molecular weight is 285 g/mol. The molecule has 0 radical (unpaired) electrons. The van der Waals surface area contributed by atoms with Crippen molar-refractivity contribution in [2.45, 2.75) is 19.4 Å². The molecule has 0 aromatic carbocycles. The van der Waals surface area contributed by atoms with E-state index in [1.807, 2.05) is 0 Å². The lowest BCUT2D eigenvalue weighted by Gasteiger charge is -2.27. The van der Waals surface area contributed by atoms with Gasteiger partial charge in [-0.25, -0.2) is 20.1 Å². The molecule has 0 aromatic heterocycles. The first-order valence-electron chi connectivity index (χ1n) is 5.84. The predicted octanol–water partition coefficient (Wildman–Crippen LogP) is -0.202. The fourth-order valence-corrected chi connectivity index (χ4v) is 1.74. The summed E-state index contributed by atoms with van der Waals surface area (Å²) >= 11 is 0. The van der Waals surface area contributed by atoms with E-state index in [4.69, 9.17) is 4.84 Å². The van der Waals surface area contributed by atoms with E-state index in [1.54, 1.807) is 27.9 Å². The molecular weight excluding hydrogens is 266 g/mol. The quantitative estimate of drug-likeness (QED) is 0.571. The van der Waals surface area contributed by atoms with Crippen LogP contribution in [0.3, 0.4) is 0 Å². The number of rotatable bonds is 4. The van der Waals surface area contributed by atoms with Crippen LogP contribution in [0.15, 0.2) is 10.3 Å². The van der Waals surface area contributed by atoms with Gasteiger partial charge >= 0.3 is 6.03 Å². The maximum atomic E-state index is 12.3. The lowest BCUT2D eigenvalue weighted by Crippen LogP contribution is -2.57. The summed E-state index contributed by atoms with van der Waals surface area (Å²) < 4.78 is 0. The Kier molecular flexibility index (Phi) is 4.66. The van der Waals surface area contributed by atoms with Crippen molar-refractivity contribution < 1.29 is 19.3 Å². The van der Waals surface area contributed by atoms with Gasteiger partial charge in [-0.1, -0.05) is 5.16 Å². The number of oxime groups is 1. The zero-order valence-electron chi connectivity index (χ0n) is 12.4. The second-order valence-corrected chi connectivity index (χ2v) is 4.46. The van der Waals surface area contributed by atoms with Crippen molar-refractivity contribution in [1.82, 2.24) is 15.4 Å². The second kappa shape index (κ2) is 5.87. The highest BCUT2D eigenvalue weighted by atomic mass is 16.7. The van der Waals surface area contributed by atoms with Crippen LogP contribution in [-0.4, -0.2) is 67.1 Å². The Hall–Kier alpha value is -2.16. The normalized spacial score (nSPS) is 22.7. The van der Waals surface area contributed by atoms with Crippen LogP contribution in [0.5, 0.6) is 0 Å². The number of nitrogens with one attached hydrogen (secondary N) is 1. The van der Waals surface area contributed by atoms with Crippen molar-refractivity contribution in [3.8, 4) is 0 Å². The summed E-state index contributed by atoms with van der Waals surface area (Å²) in [5.41, 5.74) is 1.20. The summed E-state index contributed by atoms with van der Waals surface area (Å²) in [7, 11) is 5.94. The molecule has 1 rings (SSSR count). The fraction of sp³-hybridized carbons (Fsp3) is 0.636. The fourth-order valence-electron chi connectivity index (χ4n) is 1.74. The minimum atomic E-state index is -1.59. The smallest absolute Gasteiger partial charge is 0.340 e. The molecule has 0 saturated carbocycles. The number of likely N-dealkylation sites (N-methyl/N-ethyl adjacent to an activating group) is 1. The molecule has 0 bridgehead atoms. The number of urea groups is 1. The van der Waals surface area contributed by atoms with Gasteiger partial charge in [0.15, 0.2) is 0 Å². The van der Waals surface area contributed by atoms with Gasteiger partial charge in [-0.15, -0.1) is 0 Å². The van der Waals surface area contributed by atoms with E-state index >= 15 is 0 Å². The zero-order valence-corrected chi connectivity index (χ0v) is 12.4. The van der Waals surface area contributed by atoms with Crippen LogP contribution in [0.2, 0.25) is 0 Å². The minimum Gasteiger partial charge on any atom is -0.399 e. The first kappa shape index (κ1) is 15.9. The van der Waals surface area contributed by atoms with E-state index in [1.165, 1.54) is 19.1 Å². The zero-order chi connectivity index (χ0) is 15.5. The molecule has 1 heterocycles. The van der Waals surface area contributed by atoms with Crippen LogP contribution in [0.1, 0.15) is 13.8 Å². The van der Waals surface area contributed by atoms with Gasteiger partial charge in [0.2, 0.25) is 0 Å². The summed E-state index contributed by atoms with van der Waals surface area (Å²) in [6, 6.07) is -0.509. The van der Waals surface area contributed by atoms with Crippen LogP contribution in [0.25, 0.3) is 0 Å². The van der Waals surface area contributed by atoms with E-state index < -0.39 is 17.5 Å². The molecule has 1 unspecified atom stereocenters. The number of amides is 3. The van der Waals surface area contributed by atoms with Gasteiger partial charge in [0.25, 0.3) is 11.5 Å². The van der Waals surface area contributed by atoms with Crippen LogP contribution in [0.4, 0.5) is 4.79 Å². The van der Waals surface area contributed by atoms with Gasteiger partial charge in [0, 0.05) is 21.1 Å². The third-order valence-electron chi connectivity index (χ3n) is 2.84. The van der Waals surface area contributed by atoms with Gasteiger partial charge in [-0.05, 0) is 13.8 Å². The lowest BCUT2D eigenvalue weighted by atomic mass is 9.93. The molecule has 1 aliphatic rings. The van der Waals surface area contributed by atoms with E-state index in [0.29, 0.717) is 5.71 Å². The van der Waals surface area contributed by atoms with Gasteiger partial charge in [0.05, 0.1) is 5.71 Å². The predicted molar refractivity (Wildman–Crippen MR) is 72.0 cm³/mol. The second-order valence-electron chi connectivity index (χ2n) is 4.46. The van der Waals surface area contributed by atoms with Crippen molar-refractivity contribution >= 4 is 23.4 Å². The average Bonchev–Trinajstić information content (AvgIpc) is 2.59. The van der Waals surface area contributed by atoms with Crippen molar-refractivity contribution in [3.05, 3.63) is 0 Å². The third kappa shape index (κ3) is 2.57. The Labute approximate surface area is 117 Å². The van der Waals surface area contributed by atoms with Crippen LogP contribution in [0, 0.1) is 0 Å². The highest BCUT2D eigenvalue weighted by Gasteiger charge is 2.54. The van der Waals surface area contributed by atoms with Crippen LogP contribution in [-0.2, 0) is 14.5 Å². The minimum absolute atomic E-state index is 0.231. The number of hydrazone groups is 1. The molecule has 0 fully saturated rings. The molecule has 1 atom stereocenters. The molecule has 0 aliphatic carbocycles. The maximum Gasteiger partial charge on any atom is 0.340 e. The third-order valence-corrected chi connectivity index (χ3v) is 2.84. The number of hydrogen-bond acceptors (Lipinski definition) is 6. The summed E-state index contributed by atoms with van der Waals surface area (Å²) in [6.45, 7) is 3.17. The number of carbonyl (C=O) groups is 2. The van der Waals surface area contributed by atoms with Gasteiger partial charge in [-0.3, -0.25) is 4.79 Å². The van der Waals surface area contributed by atoms with E-state index in [2.05, 4.69) is 20.6 Å². The molecule has 20 heavy (non-hydrogen) atoms. The standard InChI is InChI=1S/C11H19N5O4/c1-7-11(8(2)13-19-6,9(17)16(5)12-7)20-14-10(18)15(3)4/h1-6H3,(H,14,18)/b13-8+. The monoisotopic (exact) mass is 285 g/mol. The first-order chi connectivity index (χ1) is 9.27. The van der Waals surface area contributed by atoms with E-state index in [-0.39, 0.29) is 5.71 Å². The molecule has 0 aromatic rings. The molecule has 0 spiro atoms. The van der Waals surface area contributed by atoms with Crippen molar-refractivity contribution in [2.24, 2.45) is 10.3 Å². The molecule has 1 aliphatic heterocycles. The van der Waals surface area contributed by atoms with E-state index in [9.17, 15) is 9.59 Å². The molecule has 3 amide bonds. The topological polar surface area (TPSA) is 95.8 Å². The maximum absolute atomic E-state index is 12.3. The molecule has 112 valence electrons. The number of hydroxylamine groups is 1. The van der Waals surface area contributed by atoms with Crippen molar-refractivity contribution in [2.75, 3.05) is 28.3 Å². The Morgan fingerprint density at radius 3 is 2.50 bits per heavy atom. The number of carbonyl (C=O) groups excluding carboxylic acids is 2. The Balaban J connectivity index is 3.11. The van der Waals surface area contributed by atoms with Gasteiger partial charge < -0.3 is 9.74 Å². The van der Waals surface area contributed by atoms with Crippen molar-refractivity contribution in [1.29, 1.82) is 0 Å². The molecule has 9 nitrogen and oxygen atoms in total. The summed E-state index contributed by atoms with van der Waals surface area (Å²) in [4.78, 5) is 35.2. The number of hydrogen-bond donors (Lipinski definition) is 1. The van der Waals surface area contributed by atoms with E-state index in [0.717, 1.165) is 5.01 Å². The largest absolute Gasteiger partial charge is 0.399 e. The van der Waals surface area contributed by atoms with Crippen molar-refractivity contribution in [3.63, 3.8) is 0 Å². The Morgan fingerprint density at radius 1 is 1.50 bits per heavy atom. The van der Waals surface area contributed by atoms with Crippen LogP contribution >= 0.6 is 0 Å². The SMILES string of the molecule is CO/N=C(\C)C1(ONC(=O)N(C)C)C(=O)N(C)N=C1C. The summed E-state index contributed by atoms with van der Waals surface area (Å²) in [5.74, 6) is -0.465. The molecular formula is C11H19N5O4. The summed E-state index contributed by atoms with van der Waals surface area (Å²) in [5, 5.41) is 8.89. The number of nitrogens with zero attached hydrogens (tertiary/aromatic N) is 4.